The summed E-state index contributed by atoms with van der Waals surface area (Å²) in [6.07, 6.45) is 1.75. The highest BCUT2D eigenvalue weighted by molar-refractivity contribution is 6.30. The molecule has 2 heteroatoms. The Morgan fingerprint density at radius 3 is 2.04 bits per heavy atom. The van der Waals surface area contributed by atoms with Gasteiger partial charge in [-0.3, -0.25) is 4.99 Å². The second-order valence-corrected chi connectivity index (χ2v) is 13.8. The van der Waals surface area contributed by atoms with Gasteiger partial charge in [-0.1, -0.05) is 115 Å². The molecule has 0 saturated heterocycles. The van der Waals surface area contributed by atoms with Crippen molar-refractivity contribution in [3.63, 3.8) is 0 Å². The number of para-hydroxylation sites is 1. The maximum atomic E-state index is 5.31. The fourth-order valence-electron chi connectivity index (χ4n) is 9.29. The molecule has 2 aliphatic carbocycles. The first-order chi connectivity index (χ1) is 24.3. The van der Waals surface area contributed by atoms with Gasteiger partial charge in [-0.2, -0.15) is 0 Å². The summed E-state index contributed by atoms with van der Waals surface area (Å²) in [4.78, 5) is 5.31. The molecule has 0 bridgehead atoms. The van der Waals surface area contributed by atoms with Gasteiger partial charge in [0.2, 0.25) is 0 Å². The number of aromatic nitrogens is 1. The predicted octanol–water partition coefficient (Wildman–Crippen LogP) is 12.0. The van der Waals surface area contributed by atoms with Crippen molar-refractivity contribution in [2.75, 3.05) is 0 Å². The molecule has 0 N–H and O–H groups in total. The van der Waals surface area contributed by atoms with Crippen molar-refractivity contribution in [1.29, 1.82) is 0 Å². The Kier molecular flexibility index (Phi) is 4.85. The Bertz CT molecular complexity index is 2990. The van der Waals surface area contributed by atoms with Crippen LogP contribution < -0.4 is 0 Å². The lowest BCUT2D eigenvalue weighted by molar-refractivity contribution is 1.15. The lowest BCUT2D eigenvalue weighted by Gasteiger charge is -2.18. The molecular weight excluding hydrogens is 593 g/mol. The van der Waals surface area contributed by atoms with Gasteiger partial charge >= 0.3 is 0 Å². The highest BCUT2D eigenvalue weighted by Gasteiger charge is 2.29. The third kappa shape index (κ3) is 3.33. The smallest absolute Gasteiger partial charge is 0.0669 e. The lowest BCUT2D eigenvalue weighted by Crippen LogP contribution is -2.09. The van der Waals surface area contributed by atoms with Gasteiger partial charge in [-0.05, 0) is 108 Å². The van der Waals surface area contributed by atoms with Crippen LogP contribution in [0.15, 0.2) is 151 Å². The van der Waals surface area contributed by atoms with Gasteiger partial charge in [0, 0.05) is 22.8 Å². The van der Waals surface area contributed by atoms with E-state index in [0.29, 0.717) is 0 Å². The van der Waals surface area contributed by atoms with Crippen molar-refractivity contribution >= 4 is 54.7 Å². The molecule has 8 aromatic carbocycles. The second-order valence-electron chi connectivity index (χ2n) is 13.8. The zero-order chi connectivity index (χ0) is 31.8. The highest BCUT2D eigenvalue weighted by atomic mass is 15.0. The number of fused-ring (bicyclic) bond motifs is 9. The van der Waals surface area contributed by atoms with E-state index in [1.165, 1.54) is 105 Å². The molecule has 0 atom stereocenters. The third-order valence-electron chi connectivity index (χ3n) is 11.4. The molecule has 3 aliphatic rings. The van der Waals surface area contributed by atoms with Crippen LogP contribution in [0, 0.1) is 0 Å². The van der Waals surface area contributed by atoms with Gasteiger partial charge in [0.25, 0.3) is 0 Å². The summed E-state index contributed by atoms with van der Waals surface area (Å²) in [6.45, 7) is 0. The van der Waals surface area contributed by atoms with Crippen LogP contribution >= 0.6 is 0 Å². The van der Waals surface area contributed by atoms with Crippen molar-refractivity contribution < 1.29 is 0 Å². The first-order valence-corrected chi connectivity index (χ1v) is 17.2. The van der Waals surface area contributed by atoms with E-state index in [4.69, 9.17) is 4.99 Å². The molecule has 0 radical (unpaired) electrons. The number of rotatable bonds is 2. The second kappa shape index (κ2) is 9.21. The molecule has 1 aromatic heterocycles. The summed E-state index contributed by atoms with van der Waals surface area (Å²) in [5, 5.41) is 7.95. The summed E-state index contributed by atoms with van der Waals surface area (Å²) < 4.78 is 2.56. The Morgan fingerprint density at radius 1 is 0.429 bits per heavy atom. The Labute approximate surface area is 283 Å². The molecule has 2 heterocycles. The first kappa shape index (κ1) is 25.8. The van der Waals surface area contributed by atoms with E-state index in [1.807, 2.05) is 0 Å². The maximum absolute atomic E-state index is 5.31. The Balaban J connectivity index is 1.21. The number of nitrogens with zero attached hydrogens (tertiary/aromatic N) is 2. The van der Waals surface area contributed by atoms with Crippen molar-refractivity contribution in [1.82, 2.24) is 4.57 Å². The number of hydrogen-bond donors (Lipinski definition) is 0. The number of hydrogen-bond acceptors (Lipinski definition) is 1. The average molecular weight is 621 g/mol. The van der Waals surface area contributed by atoms with E-state index in [9.17, 15) is 0 Å². The van der Waals surface area contributed by atoms with Gasteiger partial charge in [0.1, 0.15) is 0 Å². The van der Waals surface area contributed by atoms with Crippen molar-refractivity contribution in [3.8, 4) is 39.1 Å². The minimum absolute atomic E-state index is 0.829. The zero-order valence-electron chi connectivity index (χ0n) is 26.7. The molecule has 0 unspecified atom stereocenters. The first-order valence-electron chi connectivity index (χ1n) is 17.2. The average Bonchev–Trinajstić information content (AvgIpc) is 3.83. The molecule has 12 rings (SSSR count). The fourth-order valence-corrected chi connectivity index (χ4v) is 9.29. The molecule has 0 amide bonds. The highest BCUT2D eigenvalue weighted by Crippen LogP contribution is 2.51. The summed E-state index contributed by atoms with van der Waals surface area (Å²) in [6, 6.07) is 54.3. The van der Waals surface area contributed by atoms with Gasteiger partial charge in [-0.25, -0.2) is 0 Å². The van der Waals surface area contributed by atoms with Crippen LogP contribution in [0.5, 0.6) is 0 Å². The predicted molar refractivity (Wildman–Crippen MR) is 205 cm³/mol. The zero-order valence-corrected chi connectivity index (χ0v) is 26.7. The minimum Gasteiger partial charge on any atom is -0.309 e. The normalized spacial score (nSPS) is 13.7. The minimum atomic E-state index is 0.829. The van der Waals surface area contributed by atoms with E-state index in [2.05, 4.69) is 150 Å². The van der Waals surface area contributed by atoms with Crippen molar-refractivity contribution in [2.24, 2.45) is 4.99 Å². The molecule has 9 aromatic rings. The van der Waals surface area contributed by atoms with Crippen LogP contribution in [0.25, 0.3) is 82.4 Å². The van der Waals surface area contributed by atoms with E-state index >= 15 is 0 Å². The van der Waals surface area contributed by atoms with Crippen LogP contribution in [-0.2, 0) is 12.8 Å². The number of benzene rings is 8. The summed E-state index contributed by atoms with van der Waals surface area (Å²) in [5.74, 6) is 0. The molecule has 1 aliphatic heterocycles. The van der Waals surface area contributed by atoms with Crippen LogP contribution in [0.4, 0.5) is 5.69 Å². The lowest BCUT2D eigenvalue weighted by atomic mass is 9.93. The molecule has 49 heavy (non-hydrogen) atoms. The van der Waals surface area contributed by atoms with Crippen LogP contribution in [-0.4, -0.2) is 10.3 Å². The summed E-state index contributed by atoms with van der Waals surface area (Å²) in [5.41, 5.74) is 19.1. The largest absolute Gasteiger partial charge is 0.309 e. The molecule has 0 spiro atoms. The fraction of sp³-hybridized carbons (Fsp3) is 0.0426. The Morgan fingerprint density at radius 2 is 1.14 bits per heavy atom. The van der Waals surface area contributed by atoms with E-state index < -0.39 is 0 Å². The molecule has 226 valence electrons. The monoisotopic (exact) mass is 620 g/mol. The topological polar surface area (TPSA) is 17.3 Å². The summed E-state index contributed by atoms with van der Waals surface area (Å²) >= 11 is 0. The third-order valence-corrected chi connectivity index (χ3v) is 11.4. The van der Waals surface area contributed by atoms with Crippen LogP contribution in [0.2, 0.25) is 0 Å². The molecule has 2 nitrogen and oxygen atoms in total. The van der Waals surface area contributed by atoms with Gasteiger partial charge in [0.15, 0.2) is 0 Å². The van der Waals surface area contributed by atoms with Gasteiger partial charge in [0.05, 0.1) is 28.1 Å². The van der Waals surface area contributed by atoms with Crippen LogP contribution in [0.3, 0.4) is 0 Å². The van der Waals surface area contributed by atoms with Crippen molar-refractivity contribution in [2.45, 2.75) is 12.8 Å². The SMILES string of the molecule is c1ccc2c(c1)CC(c1cc3c(cc1-n1c4cccc5c4c4c6c(cccc6ccc41)-c1ccccc1-5)Cc1c-3ccc3ccccc13)=N2. The van der Waals surface area contributed by atoms with Crippen molar-refractivity contribution in [3.05, 3.63) is 168 Å². The molecular formula is C47H28N2. The quantitative estimate of drug-likeness (QED) is 0.183. The standard InChI is InChI=1S/C47H28N2/c1-3-12-31-27(9-1)19-21-34-37-26-39(41-24-29-10-2-6-17-40(29)48-41)44(25-30(37)23-38(31)34)49-42-18-8-16-36-33-14-5-4-13-32(33)35-15-7-11-28-20-22-43(49)47(45(28)35)46(36)42/h1-22,25-26H,23-24H2. The van der Waals surface area contributed by atoms with Crippen LogP contribution in [0.1, 0.15) is 22.3 Å². The summed E-state index contributed by atoms with van der Waals surface area (Å²) in [7, 11) is 0. The number of aliphatic imine (C=N–C) groups is 1. The molecule has 0 saturated carbocycles. The maximum Gasteiger partial charge on any atom is 0.0669 e. The van der Waals surface area contributed by atoms with E-state index in [1.54, 1.807) is 0 Å². The van der Waals surface area contributed by atoms with Gasteiger partial charge in [-0.15, -0.1) is 0 Å². The molecule has 0 fully saturated rings. The van der Waals surface area contributed by atoms with E-state index in [-0.39, 0.29) is 0 Å². The Hall–Kier alpha value is -6.25. The van der Waals surface area contributed by atoms with E-state index in [0.717, 1.165) is 24.2 Å². The van der Waals surface area contributed by atoms with Gasteiger partial charge < -0.3 is 4.57 Å².